The lowest BCUT2D eigenvalue weighted by Gasteiger charge is -2.25. The Morgan fingerprint density at radius 1 is 1.29 bits per heavy atom. The number of nitrogens with zero attached hydrogens (tertiary/aromatic N) is 3. The van der Waals surface area contributed by atoms with Crippen molar-refractivity contribution in [3.63, 3.8) is 0 Å². The predicted molar refractivity (Wildman–Crippen MR) is 79.5 cm³/mol. The Balaban J connectivity index is 1.63. The normalized spacial score (nSPS) is 21.2. The molecule has 1 atom stereocenters. The summed E-state index contributed by atoms with van der Waals surface area (Å²) < 4.78 is 40.0. The second-order valence-corrected chi connectivity index (χ2v) is 5.89. The van der Waals surface area contributed by atoms with E-state index < -0.39 is 30.7 Å². The number of aliphatic hydroxyl groups is 1. The molecule has 1 amide bonds. The highest BCUT2D eigenvalue weighted by atomic mass is 19.4. The number of benzene rings is 1. The van der Waals surface area contributed by atoms with Gasteiger partial charge in [-0.15, -0.1) is 0 Å². The Hall–Kier alpha value is -2.35. The van der Waals surface area contributed by atoms with Gasteiger partial charge in [0.1, 0.15) is 0 Å². The van der Waals surface area contributed by atoms with E-state index in [0.29, 0.717) is 5.56 Å². The second kappa shape index (κ2) is 5.94. The molecular weight excluding hydrogens is 323 g/mol. The van der Waals surface area contributed by atoms with Gasteiger partial charge in [-0.25, -0.2) is 4.68 Å². The molecule has 3 rings (SSSR count). The van der Waals surface area contributed by atoms with Crippen molar-refractivity contribution in [1.82, 2.24) is 14.7 Å². The van der Waals surface area contributed by atoms with Gasteiger partial charge >= 0.3 is 6.18 Å². The topological polar surface area (TPSA) is 58.4 Å². The summed E-state index contributed by atoms with van der Waals surface area (Å²) in [7, 11) is 0. The van der Waals surface area contributed by atoms with Crippen molar-refractivity contribution in [3.8, 4) is 5.69 Å². The highest BCUT2D eigenvalue weighted by molar-refractivity contribution is 5.79. The molecule has 1 fully saturated rings. The van der Waals surface area contributed by atoms with Crippen molar-refractivity contribution in [2.45, 2.75) is 24.6 Å². The first kappa shape index (κ1) is 16.5. The van der Waals surface area contributed by atoms with E-state index in [1.807, 2.05) is 0 Å². The molecule has 1 N–H and O–H groups in total. The van der Waals surface area contributed by atoms with Crippen LogP contribution in [-0.4, -0.2) is 50.6 Å². The molecule has 5 nitrogen and oxygen atoms in total. The van der Waals surface area contributed by atoms with Gasteiger partial charge in [0.15, 0.2) is 5.60 Å². The van der Waals surface area contributed by atoms with Crippen molar-refractivity contribution in [2.75, 3.05) is 13.1 Å². The fraction of sp³-hybridized carbons (Fsp3) is 0.375. The van der Waals surface area contributed by atoms with Gasteiger partial charge in [0.2, 0.25) is 5.91 Å². The Kier molecular flexibility index (Phi) is 4.08. The van der Waals surface area contributed by atoms with Crippen LogP contribution < -0.4 is 0 Å². The monoisotopic (exact) mass is 339 g/mol. The van der Waals surface area contributed by atoms with Gasteiger partial charge in [0.05, 0.1) is 18.7 Å². The smallest absolute Gasteiger partial charge is 0.379 e. The molecule has 1 aliphatic heterocycles. The summed E-state index contributed by atoms with van der Waals surface area (Å²) in [6.07, 6.45) is -1.80. The lowest BCUT2D eigenvalue weighted by Crippen LogP contribution is -2.48. The minimum absolute atomic E-state index is 0.00662. The molecule has 1 aromatic carbocycles. The van der Waals surface area contributed by atoms with Crippen molar-refractivity contribution in [2.24, 2.45) is 0 Å². The first-order chi connectivity index (χ1) is 11.3. The Bertz CT molecular complexity index is 713. The third kappa shape index (κ3) is 3.14. The summed E-state index contributed by atoms with van der Waals surface area (Å²) in [4.78, 5) is 13.2. The third-order valence-corrected chi connectivity index (χ3v) is 4.19. The highest BCUT2D eigenvalue weighted by Gasteiger charge is 2.57. The number of carbonyl (C=O) groups is 1. The number of rotatable bonds is 3. The Morgan fingerprint density at radius 2 is 2.00 bits per heavy atom. The fourth-order valence-electron chi connectivity index (χ4n) is 2.71. The molecule has 1 aromatic heterocycles. The Labute approximate surface area is 136 Å². The number of hydrogen-bond donors (Lipinski definition) is 1. The average Bonchev–Trinajstić information content (AvgIpc) is 3.17. The van der Waals surface area contributed by atoms with Crippen LogP contribution in [0.5, 0.6) is 0 Å². The van der Waals surface area contributed by atoms with Crippen LogP contribution >= 0.6 is 0 Å². The number of halogens is 3. The quantitative estimate of drug-likeness (QED) is 0.930. The maximum absolute atomic E-state index is 12.8. The summed E-state index contributed by atoms with van der Waals surface area (Å²) in [5, 5.41) is 13.7. The van der Waals surface area contributed by atoms with Crippen LogP contribution in [0.1, 0.15) is 12.0 Å². The van der Waals surface area contributed by atoms with Crippen LogP contribution in [0.25, 0.3) is 5.69 Å². The van der Waals surface area contributed by atoms with Crippen LogP contribution in [0.4, 0.5) is 13.2 Å². The number of aromatic nitrogens is 2. The third-order valence-electron chi connectivity index (χ3n) is 4.19. The number of alkyl halides is 3. The Morgan fingerprint density at radius 3 is 2.54 bits per heavy atom. The maximum atomic E-state index is 12.8. The highest BCUT2D eigenvalue weighted by Crippen LogP contribution is 2.37. The van der Waals surface area contributed by atoms with E-state index in [9.17, 15) is 23.1 Å². The molecule has 0 spiro atoms. The van der Waals surface area contributed by atoms with Crippen molar-refractivity contribution >= 4 is 5.91 Å². The number of hydrogen-bond acceptors (Lipinski definition) is 3. The van der Waals surface area contributed by atoms with Gasteiger partial charge < -0.3 is 10.0 Å². The molecule has 24 heavy (non-hydrogen) atoms. The van der Waals surface area contributed by atoms with Crippen LogP contribution in [0.15, 0.2) is 42.7 Å². The van der Waals surface area contributed by atoms with E-state index in [1.54, 1.807) is 47.4 Å². The lowest BCUT2D eigenvalue weighted by molar-refractivity contribution is -0.253. The largest absolute Gasteiger partial charge is 0.419 e. The molecule has 0 radical (unpaired) electrons. The molecule has 2 heterocycles. The lowest BCUT2D eigenvalue weighted by atomic mass is 10.0. The molecule has 1 saturated heterocycles. The maximum Gasteiger partial charge on any atom is 0.419 e. The molecule has 0 saturated carbocycles. The van der Waals surface area contributed by atoms with Crippen LogP contribution in [0.2, 0.25) is 0 Å². The first-order valence-corrected chi connectivity index (χ1v) is 7.44. The second-order valence-electron chi connectivity index (χ2n) is 5.89. The van der Waals surface area contributed by atoms with E-state index in [0.717, 1.165) is 10.6 Å². The zero-order valence-corrected chi connectivity index (χ0v) is 12.7. The zero-order chi connectivity index (χ0) is 17.4. The molecule has 8 heteroatoms. The number of carbonyl (C=O) groups excluding carboxylic acids is 1. The standard InChI is InChI=1S/C16H16F3N3O2/c17-16(18,19)15(24)6-9-21(11-15)14(23)10-12-2-4-13(5-3-12)22-8-1-7-20-22/h1-5,7-8,24H,6,9-11H2/t15-/m0/s1. The molecule has 128 valence electrons. The van der Waals surface area contributed by atoms with Crippen molar-refractivity contribution < 1.29 is 23.1 Å². The molecule has 0 bridgehead atoms. The minimum atomic E-state index is -4.73. The molecule has 2 aromatic rings. The predicted octanol–water partition coefficient (Wildman–Crippen LogP) is 1.94. The summed E-state index contributed by atoms with van der Waals surface area (Å²) in [5.74, 6) is -0.429. The summed E-state index contributed by atoms with van der Waals surface area (Å²) in [5.41, 5.74) is -1.28. The molecule has 0 aliphatic carbocycles. The fourth-order valence-corrected chi connectivity index (χ4v) is 2.71. The van der Waals surface area contributed by atoms with Crippen LogP contribution in [0, 0.1) is 0 Å². The van der Waals surface area contributed by atoms with E-state index in [2.05, 4.69) is 5.10 Å². The van der Waals surface area contributed by atoms with Crippen molar-refractivity contribution in [3.05, 3.63) is 48.3 Å². The van der Waals surface area contributed by atoms with E-state index in [1.165, 1.54) is 0 Å². The number of β-amino-alcohol motifs (C(OH)–C–C–N with tert-alkyl or cyclic N) is 1. The van der Waals surface area contributed by atoms with E-state index in [-0.39, 0.29) is 13.0 Å². The van der Waals surface area contributed by atoms with Crippen molar-refractivity contribution in [1.29, 1.82) is 0 Å². The summed E-state index contributed by atoms with van der Waals surface area (Å²) >= 11 is 0. The van der Waals surface area contributed by atoms with Crippen LogP contribution in [-0.2, 0) is 11.2 Å². The minimum Gasteiger partial charge on any atom is -0.379 e. The van der Waals surface area contributed by atoms with Gasteiger partial charge in [-0.05, 0) is 23.8 Å². The van der Waals surface area contributed by atoms with Gasteiger partial charge in [-0.2, -0.15) is 18.3 Å². The summed E-state index contributed by atoms with van der Waals surface area (Å²) in [6, 6.07) is 8.83. The molecular formula is C16H16F3N3O2. The van der Waals surface area contributed by atoms with E-state index in [4.69, 9.17) is 0 Å². The molecule has 0 unspecified atom stereocenters. The van der Waals surface area contributed by atoms with Crippen LogP contribution in [0.3, 0.4) is 0 Å². The number of likely N-dealkylation sites (tertiary alicyclic amines) is 1. The average molecular weight is 339 g/mol. The first-order valence-electron chi connectivity index (χ1n) is 7.44. The molecule has 1 aliphatic rings. The van der Waals surface area contributed by atoms with Gasteiger partial charge in [-0.3, -0.25) is 4.79 Å². The van der Waals surface area contributed by atoms with Gasteiger partial charge in [-0.1, -0.05) is 12.1 Å². The SMILES string of the molecule is O=C(Cc1ccc(-n2cccn2)cc1)N1CC[C@@](O)(C(F)(F)F)C1. The number of amides is 1. The summed E-state index contributed by atoms with van der Waals surface area (Å²) in [6.45, 7) is -0.805. The zero-order valence-electron chi connectivity index (χ0n) is 12.7. The van der Waals surface area contributed by atoms with Gasteiger partial charge in [0, 0.05) is 25.4 Å². The van der Waals surface area contributed by atoms with Gasteiger partial charge in [0.25, 0.3) is 0 Å². The van der Waals surface area contributed by atoms with E-state index >= 15 is 0 Å².